The number of halogens is 2. The lowest BCUT2D eigenvalue weighted by Gasteiger charge is -2.05. The summed E-state index contributed by atoms with van der Waals surface area (Å²) >= 11 is 1.39. The molecule has 0 aliphatic rings. The zero-order chi connectivity index (χ0) is 14.5. The van der Waals surface area contributed by atoms with Gasteiger partial charge in [0, 0.05) is 28.4 Å². The number of carboxylic acids is 1. The molecule has 2 N–H and O–H groups in total. The fourth-order valence-electron chi connectivity index (χ4n) is 1.76. The first-order valence-electron chi connectivity index (χ1n) is 5.98. The third-order valence-electron chi connectivity index (χ3n) is 2.67. The highest BCUT2D eigenvalue weighted by Crippen LogP contribution is 2.17. The maximum atomic E-state index is 13.4. The predicted octanol–water partition coefficient (Wildman–Crippen LogP) is 2.94. The zero-order valence-corrected chi connectivity index (χ0v) is 11.3. The standard InChI is InChI=1S/C14H13F2NO2S/c15-10-1-4-13(16)9(5-10)7-17-8-12-3-2-11(20-12)6-14(18)19/h1-5,17H,6-8H2,(H,18,19). The van der Waals surface area contributed by atoms with E-state index in [-0.39, 0.29) is 18.5 Å². The van der Waals surface area contributed by atoms with Gasteiger partial charge in [-0.1, -0.05) is 0 Å². The molecule has 1 aromatic carbocycles. The van der Waals surface area contributed by atoms with Gasteiger partial charge in [0.15, 0.2) is 0 Å². The third kappa shape index (κ3) is 4.11. The molecule has 0 spiro atoms. The van der Waals surface area contributed by atoms with E-state index in [0.717, 1.165) is 28.0 Å². The lowest BCUT2D eigenvalue weighted by Crippen LogP contribution is -2.13. The van der Waals surface area contributed by atoms with Crippen molar-refractivity contribution in [2.45, 2.75) is 19.5 Å². The van der Waals surface area contributed by atoms with Crippen LogP contribution in [0.5, 0.6) is 0 Å². The molecule has 0 aliphatic heterocycles. The summed E-state index contributed by atoms with van der Waals surface area (Å²) in [6.07, 6.45) is 0.00317. The minimum atomic E-state index is -0.867. The van der Waals surface area contributed by atoms with Crippen LogP contribution in [0.2, 0.25) is 0 Å². The van der Waals surface area contributed by atoms with Crippen LogP contribution in [-0.4, -0.2) is 11.1 Å². The molecule has 1 aromatic heterocycles. The molecule has 0 saturated heterocycles. The molecule has 0 bridgehead atoms. The van der Waals surface area contributed by atoms with Crippen molar-refractivity contribution < 1.29 is 18.7 Å². The van der Waals surface area contributed by atoms with Crippen LogP contribution in [0.15, 0.2) is 30.3 Å². The van der Waals surface area contributed by atoms with E-state index in [2.05, 4.69) is 5.32 Å². The van der Waals surface area contributed by atoms with Gasteiger partial charge in [0.1, 0.15) is 11.6 Å². The van der Waals surface area contributed by atoms with Crippen molar-refractivity contribution in [1.29, 1.82) is 0 Å². The van der Waals surface area contributed by atoms with E-state index in [1.807, 2.05) is 6.07 Å². The van der Waals surface area contributed by atoms with Crippen LogP contribution in [-0.2, 0) is 24.3 Å². The number of carbonyl (C=O) groups is 1. The second-order valence-corrected chi connectivity index (χ2v) is 5.53. The SMILES string of the molecule is O=C(O)Cc1ccc(CNCc2cc(F)ccc2F)s1. The normalized spacial score (nSPS) is 10.7. The minimum Gasteiger partial charge on any atom is -0.481 e. The summed E-state index contributed by atoms with van der Waals surface area (Å²) in [6.45, 7) is 0.704. The van der Waals surface area contributed by atoms with E-state index >= 15 is 0 Å². The maximum absolute atomic E-state index is 13.4. The van der Waals surface area contributed by atoms with Crippen LogP contribution in [0.1, 0.15) is 15.3 Å². The molecule has 6 heteroatoms. The summed E-state index contributed by atoms with van der Waals surface area (Å²) in [4.78, 5) is 12.3. The van der Waals surface area contributed by atoms with Crippen molar-refractivity contribution in [3.8, 4) is 0 Å². The van der Waals surface area contributed by atoms with Gasteiger partial charge >= 0.3 is 5.97 Å². The van der Waals surface area contributed by atoms with Gasteiger partial charge in [0.05, 0.1) is 6.42 Å². The average molecular weight is 297 g/mol. The second-order valence-electron chi connectivity index (χ2n) is 4.28. The quantitative estimate of drug-likeness (QED) is 0.862. The Morgan fingerprint density at radius 2 is 1.90 bits per heavy atom. The summed E-state index contributed by atoms with van der Waals surface area (Å²) in [7, 11) is 0. The van der Waals surface area contributed by atoms with Crippen molar-refractivity contribution in [1.82, 2.24) is 5.32 Å². The molecule has 3 nitrogen and oxygen atoms in total. The van der Waals surface area contributed by atoms with Gasteiger partial charge in [-0.25, -0.2) is 8.78 Å². The molecule has 2 aromatic rings. The summed E-state index contributed by atoms with van der Waals surface area (Å²) in [5.74, 6) is -1.78. The second kappa shape index (κ2) is 6.58. The van der Waals surface area contributed by atoms with Crippen LogP contribution in [0.3, 0.4) is 0 Å². The van der Waals surface area contributed by atoms with Crippen LogP contribution in [0.4, 0.5) is 8.78 Å². The highest BCUT2D eigenvalue weighted by molar-refractivity contribution is 7.12. The lowest BCUT2D eigenvalue weighted by molar-refractivity contribution is -0.136. The Kier molecular flexibility index (Phi) is 4.81. The van der Waals surface area contributed by atoms with Gasteiger partial charge in [0.25, 0.3) is 0 Å². The molecule has 0 aliphatic carbocycles. The average Bonchev–Trinajstić information content (AvgIpc) is 2.80. The van der Waals surface area contributed by atoms with E-state index in [1.54, 1.807) is 6.07 Å². The van der Waals surface area contributed by atoms with Crippen LogP contribution >= 0.6 is 11.3 Å². The van der Waals surface area contributed by atoms with Crippen LogP contribution in [0, 0.1) is 11.6 Å². The molecule has 0 fully saturated rings. The molecule has 106 valence electrons. The number of aliphatic carboxylic acids is 1. The molecule has 0 atom stereocenters. The Balaban J connectivity index is 1.88. The topological polar surface area (TPSA) is 49.3 Å². The Bertz CT molecular complexity index is 613. The monoisotopic (exact) mass is 297 g/mol. The third-order valence-corrected chi connectivity index (χ3v) is 3.75. The van der Waals surface area contributed by atoms with Gasteiger partial charge in [-0.2, -0.15) is 0 Å². The number of nitrogens with one attached hydrogen (secondary N) is 1. The van der Waals surface area contributed by atoms with E-state index in [1.165, 1.54) is 11.3 Å². The fraction of sp³-hybridized carbons (Fsp3) is 0.214. The van der Waals surface area contributed by atoms with Crippen molar-refractivity contribution in [3.63, 3.8) is 0 Å². The summed E-state index contributed by atoms with van der Waals surface area (Å²) < 4.78 is 26.3. The smallest absolute Gasteiger partial charge is 0.308 e. The Hall–Kier alpha value is -1.79. The summed E-state index contributed by atoms with van der Waals surface area (Å²) in [5.41, 5.74) is 0.271. The minimum absolute atomic E-state index is 0.00317. The zero-order valence-electron chi connectivity index (χ0n) is 10.5. The van der Waals surface area contributed by atoms with Crippen LogP contribution in [0.25, 0.3) is 0 Å². The number of carboxylic acid groups (broad SMARTS) is 1. The maximum Gasteiger partial charge on any atom is 0.308 e. The largest absolute Gasteiger partial charge is 0.481 e. The summed E-state index contributed by atoms with van der Waals surface area (Å²) in [6, 6.07) is 6.93. The van der Waals surface area contributed by atoms with E-state index in [9.17, 15) is 13.6 Å². The first kappa shape index (κ1) is 14.6. The van der Waals surface area contributed by atoms with E-state index < -0.39 is 17.6 Å². The highest BCUT2D eigenvalue weighted by Gasteiger charge is 2.06. The number of rotatable bonds is 6. The molecule has 1 heterocycles. The van der Waals surface area contributed by atoms with E-state index in [4.69, 9.17) is 5.11 Å². The molecule has 0 amide bonds. The number of hydrogen-bond donors (Lipinski definition) is 2. The lowest BCUT2D eigenvalue weighted by atomic mass is 10.2. The molecule has 20 heavy (non-hydrogen) atoms. The van der Waals surface area contributed by atoms with Crippen molar-refractivity contribution >= 4 is 17.3 Å². The first-order chi connectivity index (χ1) is 9.54. The van der Waals surface area contributed by atoms with Crippen molar-refractivity contribution in [2.24, 2.45) is 0 Å². The molecule has 0 saturated carbocycles. The number of benzene rings is 1. The molecular weight excluding hydrogens is 284 g/mol. The van der Waals surface area contributed by atoms with Crippen LogP contribution < -0.4 is 5.32 Å². The predicted molar refractivity (Wildman–Crippen MR) is 72.6 cm³/mol. The number of hydrogen-bond acceptors (Lipinski definition) is 3. The van der Waals surface area contributed by atoms with Gasteiger partial charge in [-0.15, -0.1) is 11.3 Å². The van der Waals surface area contributed by atoms with E-state index in [0.29, 0.717) is 6.54 Å². The Morgan fingerprint density at radius 3 is 2.65 bits per heavy atom. The molecule has 2 rings (SSSR count). The number of thiophene rings is 1. The van der Waals surface area contributed by atoms with Gasteiger partial charge < -0.3 is 10.4 Å². The van der Waals surface area contributed by atoms with Gasteiger partial charge in [0.2, 0.25) is 0 Å². The summed E-state index contributed by atoms with van der Waals surface area (Å²) in [5, 5.41) is 11.7. The Labute approximate surface area is 118 Å². The van der Waals surface area contributed by atoms with Gasteiger partial charge in [-0.3, -0.25) is 4.79 Å². The first-order valence-corrected chi connectivity index (χ1v) is 6.80. The molecular formula is C14H13F2NO2S. The van der Waals surface area contributed by atoms with Gasteiger partial charge in [-0.05, 0) is 30.3 Å². The Morgan fingerprint density at radius 1 is 1.15 bits per heavy atom. The fourth-order valence-corrected chi connectivity index (χ4v) is 2.74. The van der Waals surface area contributed by atoms with Crippen molar-refractivity contribution in [3.05, 3.63) is 57.3 Å². The molecule has 0 radical (unpaired) electrons. The van der Waals surface area contributed by atoms with Crippen molar-refractivity contribution in [2.75, 3.05) is 0 Å². The molecule has 0 unspecified atom stereocenters. The highest BCUT2D eigenvalue weighted by atomic mass is 32.1.